The van der Waals surface area contributed by atoms with E-state index in [4.69, 9.17) is 16.3 Å². The summed E-state index contributed by atoms with van der Waals surface area (Å²) in [6.45, 7) is 0.273. The highest BCUT2D eigenvalue weighted by Gasteiger charge is 2.07. The summed E-state index contributed by atoms with van der Waals surface area (Å²) in [5.41, 5.74) is 1.63. The molecule has 0 aliphatic heterocycles. The number of hydrogen-bond donors (Lipinski definition) is 0. The van der Waals surface area contributed by atoms with E-state index in [0.717, 1.165) is 16.5 Å². The van der Waals surface area contributed by atoms with Crippen LogP contribution in [0.15, 0.2) is 53.0 Å². The van der Waals surface area contributed by atoms with Gasteiger partial charge in [-0.2, -0.15) is 0 Å². The molecule has 106 valence electrons. The lowest BCUT2D eigenvalue weighted by Gasteiger charge is -2.09. The van der Waals surface area contributed by atoms with Gasteiger partial charge in [-0.05, 0) is 46.3 Å². The van der Waals surface area contributed by atoms with Crippen LogP contribution in [-0.2, 0) is 6.61 Å². The van der Waals surface area contributed by atoms with Gasteiger partial charge in [-0.15, -0.1) is 0 Å². The van der Waals surface area contributed by atoms with E-state index in [-0.39, 0.29) is 12.4 Å². The largest absolute Gasteiger partial charge is 0.489 e. The van der Waals surface area contributed by atoms with E-state index in [1.807, 2.05) is 30.3 Å². The first-order chi connectivity index (χ1) is 10.1. The van der Waals surface area contributed by atoms with Gasteiger partial charge in [-0.3, -0.25) is 0 Å². The Balaban J connectivity index is 1.84. The Kier molecular flexibility index (Phi) is 4.08. The summed E-state index contributed by atoms with van der Waals surface area (Å²) < 4.78 is 19.2. The molecule has 0 aliphatic rings. The number of para-hydroxylation sites is 1. The fraction of sp³-hybridized carbons (Fsp3) is 0.0625. The van der Waals surface area contributed by atoms with Gasteiger partial charge >= 0.3 is 0 Å². The van der Waals surface area contributed by atoms with Crippen molar-refractivity contribution in [2.45, 2.75) is 6.61 Å². The minimum Gasteiger partial charge on any atom is -0.489 e. The predicted octanol–water partition coefficient (Wildman–Crippen LogP) is 5.37. The lowest BCUT2D eigenvalue weighted by molar-refractivity contribution is 0.305. The second-order valence-electron chi connectivity index (χ2n) is 4.50. The molecule has 2 aromatic carbocycles. The Labute approximate surface area is 134 Å². The van der Waals surface area contributed by atoms with Gasteiger partial charge in [0, 0.05) is 10.9 Å². The van der Waals surface area contributed by atoms with Crippen LogP contribution in [0.2, 0.25) is 5.15 Å². The SMILES string of the molecule is Fc1ccc(OCc2cc3ccccc3nc2Cl)cc1Br. The van der Waals surface area contributed by atoms with Crippen molar-refractivity contribution >= 4 is 38.4 Å². The Bertz CT molecular complexity index is 809. The summed E-state index contributed by atoms with van der Waals surface area (Å²) in [6, 6.07) is 14.2. The molecule has 0 N–H and O–H groups in total. The molecule has 21 heavy (non-hydrogen) atoms. The quantitative estimate of drug-likeness (QED) is 0.581. The normalized spacial score (nSPS) is 10.8. The molecule has 1 aromatic heterocycles. The number of aromatic nitrogens is 1. The van der Waals surface area contributed by atoms with Crippen molar-refractivity contribution in [1.82, 2.24) is 4.98 Å². The molecule has 0 fully saturated rings. The molecule has 0 saturated heterocycles. The maximum absolute atomic E-state index is 13.2. The molecule has 0 amide bonds. The molecule has 0 saturated carbocycles. The molecule has 2 nitrogen and oxygen atoms in total. The van der Waals surface area contributed by atoms with Crippen LogP contribution < -0.4 is 4.74 Å². The van der Waals surface area contributed by atoms with Crippen molar-refractivity contribution in [3.8, 4) is 5.75 Å². The molecule has 3 aromatic rings. The summed E-state index contributed by atoms with van der Waals surface area (Å²) in [7, 11) is 0. The molecule has 1 heterocycles. The van der Waals surface area contributed by atoms with Crippen molar-refractivity contribution in [3.63, 3.8) is 0 Å². The lowest BCUT2D eigenvalue weighted by atomic mass is 10.2. The second-order valence-corrected chi connectivity index (χ2v) is 5.71. The smallest absolute Gasteiger partial charge is 0.137 e. The number of hydrogen-bond acceptors (Lipinski definition) is 2. The zero-order valence-electron chi connectivity index (χ0n) is 10.8. The Morgan fingerprint density at radius 1 is 1.14 bits per heavy atom. The van der Waals surface area contributed by atoms with Crippen LogP contribution in [-0.4, -0.2) is 4.98 Å². The average Bonchev–Trinajstić information content (AvgIpc) is 2.48. The molecular weight excluding hydrogens is 357 g/mol. The third-order valence-corrected chi connectivity index (χ3v) is 3.97. The standard InChI is InChI=1S/C16H10BrClFNO/c17-13-8-12(5-6-14(13)19)21-9-11-7-10-3-1-2-4-15(10)20-16(11)18/h1-8H,9H2. The van der Waals surface area contributed by atoms with Gasteiger partial charge in [0.25, 0.3) is 0 Å². The lowest BCUT2D eigenvalue weighted by Crippen LogP contribution is -1.98. The van der Waals surface area contributed by atoms with Gasteiger partial charge in [0.05, 0.1) is 9.99 Å². The first kappa shape index (κ1) is 14.3. The van der Waals surface area contributed by atoms with Crippen LogP contribution in [0.1, 0.15) is 5.56 Å². The van der Waals surface area contributed by atoms with Crippen LogP contribution in [0.5, 0.6) is 5.75 Å². The van der Waals surface area contributed by atoms with E-state index in [2.05, 4.69) is 20.9 Å². The minimum absolute atomic E-state index is 0.273. The predicted molar refractivity (Wildman–Crippen MR) is 85.2 cm³/mol. The summed E-state index contributed by atoms with van der Waals surface area (Å²) in [4.78, 5) is 4.34. The maximum Gasteiger partial charge on any atom is 0.137 e. The molecule has 0 spiro atoms. The number of ether oxygens (including phenoxy) is 1. The van der Waals surface area contributed by atoms with Gasteiger partial charge < -0.3 is 4.74 Å². The third-order valence-electron chi connectivity index (χ3n) is 3.04. The highest BCUT2D eigenvalue weighted by atomic mass is 79.9. The van der Waals surface area contributed by atoms with E-state index >= 15 is 0 Å². The van der Waals surface area contributed by atoms with Crippen molar-refractivity contribution in [2.24, 2.45) is 0 Å². The fourth-order valence-electron chi connectivity index (χ4n) is 1.97. The minimum atomic E-state index is -0.326. The van der Waals surface area contributed by atoms with E-state index < -0.39 is 0 Å². The summed E-state index contributed by atoms with van der Waals surface area (Å²) in [5, 5.41) is 1.41. The summed E-state index contributed by atoms with van der Waals surface area (Å²) in [6.07, 6.45) is 0. The van der Waals surface area contributed by atoms with Gasteiger partial charge in [-0.1, -0.05) is 29.8 Å². The zero-order chi connectivity index (χ0) is 14.8. The summed E-state index contributed by atoms with van der Waals surface area (Å²) in [5.74, 6) is 0.236. The van der Waals surface area contributed by atoms with Crippen LogP contribution in [0.3, 0.4) is 0 Å². The topological polar surface area (TPSA) is 22.1 Å². The Morgan fingerprint density at radius 3 is 2.76 bits per heavy atom. The third kappa shape index (κ3) is 3.17. The maximum atomic E-state index is 13.2. The van der Waals surface area contributed by atoms with Gasteiger partial charge in [0.2, 0.25) is 0 Å². The van der Waals surface area contributed by atoms with E-state index in [1.54, 1.807) is 12.1 Å². The van der Waals surface area contributed by atoms with E-state index in [0.29, 0.717) is 15.4 Å². The van der Waals surface area contributed by atoms with Gasteiger partial charge in [0.1, 0.15) is 23.3 Å². The van der Waals surface area contributed by atoms with Gasteiger partial charge in [-0.25, -0.2) is 9.37 Å². The Hall–Kier alpha value is -1.65. The highest BCUT2D eigenvalue weighted by molar-refractivity contribution is 9.10. The number of nitrogens with zero attached hydrogens (tertiary/aromatic N) is 1. The number of benzene rings is 2. The molecular formula is C16H10BrClFNO. The zero-order valence-corrected chi connectivity index (χ0v) is 13.2. The van der Waals surface area contributed by atoms with Crippen LogP contribution in [0.4, 0.5) is 4.39 Å². The molecule has 0 bridgehead atoms. The van der Waals surface area contributed by atoms with Crippen molar-refractivity contribution in [3.05, 3.63) is 69.5 Å². The monoisotopic (exact) mass is 365 g/mol. The molecule has 0 radical (unpaired) electrons. The molecule has 3 rings (SSSR count). The van der Waals surface area contributed by atoms with Crippen LogP contribution in [0, 0.1) is 5.82 Å². The van der Waals surface area contributed by atoms with E-state index in [9.17, 15) is 4.39 Å². The first-order valence-electron chi connectivity index (χ1n) is 6.25. The van der Waals surface area contributed by atoms with Crippen LogP contribution >= 0.6 is 27.5 Å². The van der Waals surface area contributed by atoms with E-state index in [1.165, 1.54) is 6.07 Å². The van der Waals surface area contributed by atoms with Crippen LogP contribution in [0.25, 0.3) is 10.9 Å². The fourth-order valence-corrected chi connectivity index (χ4v) is 2.52. The number of pyridine rings is 1. The van der Waals surface area contributed by atoms with Crippen molar-refractivity contribution < 1.29 is 9.13 Å². The van der Waals surface area contributed by atoms with Crippen molar-refractivity contribution in [2.75, 3.05) is 0 Å². The highest BCUT2D eigenvalue weighted by Crippen LogP contribution is 2.25. The first-order valence-corrected chi connectivity index (χ1v) is 7.42. The Morgan fingerprint density at radius 2 is 1.95 bits per heavy atom. The number of fused-ring (bicyclic) bond motifs is 1. The van der Waals surface area contributed by atoms with Gasteiger partial charge in [0.15, 0.2) is 0 Å². The second kappa shape index (κ2) is 6.00. The molecule has 0 unspecified atom stereocenters. The molecule has 0 aliphatic carbocycles. The molecule has 5 heteroatoms. The van der Waals surface area contributed by atoms with Crippen molar-refractivity contribution in [1.29, 1.82) is 0 Å². The number of halogens is 3. The average molecular weight is 367 g/mol. The molecule has 0 atom stereocenters. The number of rotatable bonds is 3. The summed E-state index contributed by atoms with van der Waals surface area (Å²) >= 11 is 9.29.